The number of amides is 1. The predicted molar refractivity (Wildman–Crippen MR) is 116 cm³/mol. The van der Waals surface area contributed by atoms with Crippen molar-refractivity contribution in [2.24, 2.45) is 11.8 Å². The average Bonchev–Trinajstić information content (AvgIpc) is 2.72. The molecule has 0 bridgehead atoms. The van der Waals surface area contributed by atoms with Gasteiger partial charge in [-0.2, -0.15) is 0 Å². The number of hydrogen-bond donors (Lipinski definition) is 1. The Morgan fingerprint density at radius 2 is 1.39 bits per heavy atom. The van der Waals surface area contributed by atoms with Crippen LogP contribution in [0.3, 0.4) is 0 Å². The van der Waals surface area contributed by atoms with Crippen LogP contribution in [0.4, 0.5) is 0 Å². The molecule has 0 fully saturated rings. The van der Waals surface area contributed by atoms with Crippen LogP contribution < -0.4 is 0 Å². The number of unbranched alkanes of at least 4 members (excludes halogenated alkanes) is 2. The fraction of sp³-hybridized carbons (Fsp3) is 0.667. The number of carbonyl (C=O) groups excluding carboxylic acids is 1. The van der Waals surface area contributed by atoms with E-state index in [9.17, 15) is 14.7 Å². The van der Waals surface area contributed by atoms with E-state index in [2.05, 4.69) is 27.7 Å². The minimum absolute atomic E-state index is 0.0343. The van der Waals surface area contributed by atoms with Gasteiger partial charge in [0.1, 0.15) is 0 Å². The average molecular weight is 390 g/mol. The molecule has 1 amide bonds. The van der Waals surface area contributed by atoms with Crippen molar-refractivity contribution in [2.45, 2.75) is 79.1 Å². The zero-order valence-electron chi connectivity index (χ0n) is 18.2. The van der Waals surface area contributed by atoms with Crippen molar-refractivity contribution in [2.75, 3.05) is 13.1 Å². The molecule has 0 aliphatic rings. The second-order valence-corrected chi connectivity index (χ2v) is 7.93. The van der Waals surface area contributed by atoms with E-state index in [4.69, 9.17) is 0 Å². The molecular weight excluding hydrogens is 350 g/mol. The summed E-state index contributed by atoms with van der Waals surface area (Å²) in [5.41, 5.74) is 0.650. The minimum Gasteiger partial charge on any atom is -0.478 e. The number of carboxylic acid groups (broad SMARTS) is 1. The van der Waals surface area contributed by atoms with Gasteiger partial charge in [0.25, 0.3) is 5.91 Å². The first-order chi connectivity index (χ1) is 13.5. The molecule has 0 aliphatic heterocycles. The molecule has 1 aromatic rings. The summed E-state index contributed by atoms with van der Waals surface area (Å²) < 4.78 is 0. The van der Waals surface area contributed by atoms with Gasteiger partial charge in [0.05, 0.1) is 5.56 Å². The SMILES string of the molecule is CCCCC(CC)CN(CC(CC)CCCC)C(=O)c1cccc(C(=O)O)c1. The van der Waals surface area contributed by atoms with E-state index in [1.165, 1.54) is 37.8 Å². The Hall–Kier alpha value is -1.84. The summed E-state index contributed by atoms with van der Waals surface area (Å²) in [5.74, 6) is -0.0385. The van der Waals surface area contributed by atoms with Crippen molar-refractivity contribution in [3.63, 3.8) is 0 Å². The molecule has 4 nitrogen and oxygen atoms in total. The Labute approximate surface area is 171 Å². The van der Waals surface area contributed by atoms with Gasteiger partial charge in [-0.25, -0.2) is 4.79 Å². The number of carbonyl (C=O) groups is 2. The summed E-state index contributed by atoms with van der Waals surface area (Å²) in [5, 5.41) is 9.27. The lowest BCUT2D eigenvalue weighted by Crippen LogP contribution is -2.39. The van der Waals surface area contributed by atoms with Crippen molar-refractivity contribution in [3.8, 4) is 0 Å². The van der Waals surface area contributed by atoms with Crippen LogP contribution in [0.5, 0.6) is 0 Å². The van der Waals surface area contributed by atoms with E-state index >= 15 is 0 Å². The summed E-state index contributed by atoms with van der Waals surface area (Å²) in [4.78, 5) is 26.6. The highest BCUT2D eigenvalue weighted by atomic mass is 16.4. The van der Waals surface area contributed by atoms with Crippen LogP contribution in [0.15, 0.2) is 24.3 Å². The smallest absolute Gasteiger partial charge is 0.335 e. The molecular formula is C24H39NO3. The number of aromatic carboxylic acids is 1. The van der Waals surface area contributed by atoms with Crippen molar-refractivity contribution >= 4 is 11.9 Å². The largest absolute Gasteiger partial charge is 0.478 e. The topological polar surface area (TPSA) is 57.6 Å². The van der Waals surface area contributed by atoms with Gasteiger partial charge in [0.15, 0.2) is 0 Å². The molecule has 2 atom stereocenters. The number of nitrogens with zero attached hydrogens (tertiary/aromatic N) is 1. The molecule has 158 valence electrons. The monoisotopic (exact) mass is 389 g/mol. The molecule has 0 spiro atoms. The van der Waals surface area contributed by atoms with Gasteiger partial charge in [0, 0.05) is 18.7 Å². The second kappa shape index (κ2) is 13.4. The van der Waals surface area contributed by atoms with Crippen LogP contribution in [0.2, 0.25) is 0 Å². The molecule has 28 heavy (non-hydrogen) atoms. The van der Waals surface area contributed by atoms with Crippen LogP contribution in [-0.2, 0) is 0 Å². The van der Waals surface area contributed by atoms with E-state index < -0.39 is 5.97 Å². The van der Waals surface area contributed by atoms with Gasteiger partial charge in [-0.05, 0) is 42.9 Å². The molecule has 0 saturated heterocycles. The third kappa shape index (κ3) is 8.04. The lowest BCUT2D eigenvalue weighted by atomic mass is 9.95. The Morgan fingerprint density at radius 1 is 0.893 bits per heavy atom. The molecule has 0 heterocycles. The maximum Gasteiger partial charge on any atom is 0.335 e. The highest BCUT2D eigenvalue weighted by Crippen LogP contribution is 2.21. The molecule has 2 unspecified atom stereocenters. The fourth-order valence-corrected chi connectivity index (χ4v) is 3.67. The normalized spacial score (nSPS) is 13.1. The number of rotatable bonds is 14. The van der Waals surface area contributed by atoms with Crippen LogP contribution in [0.25, 0.3) is 0 Å². The third-order valence-electron chi connectivity index (χ3n) is 5.69. The van der Waals surface area contributed by atoms with Gasteiger partial charge < -0.3 is 10.0 Å². The van der Waals surface area contributed by atoms with Gasteiger partial charge >= 0.3 is 5.97 Å². The molecule has 0 radical (unpaired) electrons. The summed E-state index contributed by atoms with van der Waals surface area (Å²) in [6.45, 7) is 10.3. The van der Waals surface area contributed by atoms with Gasteiger partial charge in [0.2, 0.25) is 0 Å². The second-order valence-electron chi connectivity index (χ2n) is 7.93. The summed E-state index contributed by atoms with van der Waals surface area (Å²) in [6, 6.07) is 6.45. The highest BCUT2D eigenvalue weighted by Gasteiger charge is 2.23. The third-order valence-corrected chi connectivity index (χ3v) is 5.69. The van der Waals surface area contributed by atoms with E-state index in [1.807, 2.05) is 4.90 Å². The predicted octanol–water partition coefficient (Wildman–Crippen LogP) is 6.26. The van der Waals surface area contributed by atoms with Crippen molar-refractivity contribution in [3.05, 3.63) is 35.4 Å². The molecule has 0 aromatic heterocycles. The lowest BCUT2D eigenvalue weighted by Gasteiger charge is -2.31. The van der Waals surface area contributed by atoms with Gasteiger partial charge in [-0.3, -0.25) is 4.79 Å². The molecule has 4 heteroatoms. The first-order valence-corrected chi connectivity index (χ1v) is 11.1. The van der Waals surface area contributed by atoms with Gasteiger partial charge in [-0.15, -0.1) is 0 Å². The van der Waals surface area contributed by atoms with E-state index in [0.29, 0.717) is 17.4 Å². The Bertz CT molecular complexity index is 581. The van der Waals surface area contributed by atoms with Gasteiger partial charge in [-0.1, -0.05) is 72.3 Å². The van der Waals surface area contributed by atoms with Crippen LogP contribution in [0, 0.1) is 11.8 Å². The minimum atomic E-state index is -0.995. The quantitative estimate of drug-likeness (QED) is 0.408. The fourth-order valence-electron chi connectivity index (χ4n) is 3.67. The zero-order chi connectivity index (χ0) is 20.9. The number of hydrogen-bond acceptors (Lipinski definition) is 2. The number of benzene rings is 1. The van der Waals surface area contributed by atoms with Crippen molar-refractivity contribution in [1.82, 2.24) is 4.90 Å². The Morgan fingerprint density at radius 3 is 1.82 bits per heavy atom. The molecule has 1 N–H and O–H groups in total. The van der Waals surface area contributed by atoms with Crippen LogP contribution in [-0.4, -0.2) is 35.0 Å². The van der Waals surface area contributed by atoms with Crippen molar-refractivity contribution in [1.29, 1.82) is 0 Å². The maximum absolute atomic E-state index is 13.3. The van der Waals surface area contributed by atoms with Crippen molar-refractivity contribution < 1.29 is 14.7 Å². The lowest BCUT2D eigenvalue weighted by molar-refractivity contribution is 0.0685. The standard InChI is InChI=1S/C24H39NO3/c1-5-9-12-19(7-3)17-25(18-20(8-4)13-10-6-2)23(26)21-14-11-15-22(16-21)24(27)28/h11,14-16,19-20H,5-10,12-13,17-18H2,1-4H3,(H,27,28). The number of carboxylic acids is 1. The van der Waals surface area contributed by atoms with Crippen LogP contribution in [0.1, 0.15) is 99.8 Å². The van der Waals surface area contributed by atoms with E-state index in [1.54, 1.807) is 12.1 Å². The first-order valence-electron chi connectivity index (χ1n) is 11.1. The Balaban J connectivity index is 3.04. The molecule has 1 aromatic carbocycles. The Kier molecular flexibility index (Phi) is 11.5. The van der Waals surface area contributed by atoms with E-state index in [0.717, 1.165) is 38.8 Å². The molecule has 0 aliphatic carbocycles. The molecule has 0 saturated carbocycles. The van der Waals surface area contributed by atoms with E-state index in [-0.39, 0.29) is 11.5 Å². The summed E-state index contributed by atoms with van der Waals surface area (Å²) in [6.07, 6.45) is 9.09. The highest BCUT2D eigenvalue weighted by molar-refractivity contribution is 5.97. The van der Waals surface area contributed by atoms with Crippen LogP contribution >= 0.6 is 0 Å². The summed E-state index contributed by atoms with van der Waals surface area (Å²) >= 11 is 0. The zero-order valence-corrected chi connectivity index (χ0v) is 18.2. The maximum atomic E-state index is 13.3. The first kappa shape index (κ1) is 24.2. The summed E-state index contributed by atoms with van der Waals surface area (Å²) in [7, 11) is 0. The molecule has 1 rings (SSSR count).